The van der Waals surface area contributed by atoms with Crippen molar-refractivity contribution in [2.24, 2.45) is 0 Å². The Hall–Kier alpha value is -7.22. The second kappa shape index (κ2) is 11.6. The van der Waals surface area contributed by atoms with Crippen LogP contribution in [-0.2, 0) is 0 Å². The van der Waals surface area contributed by atoms with Crippen LogP contribution in [0.15, 0.2) is 199 Å². The van der Waals surface area contributed by atoms with Crippen molar-refractivity contribution in [2.75, 3.05) is 0 Å². The van der Waals surface area contributed by atoms with E-state index in [1.807, 2.05) is 0 Å². The van der Waals surface area contributed by atoms with Gasteiger partial charge < -0.3 is 4.42 Å². The lowest BCUT2D eigenvalue weighted by Gasteiger charge is -2.19. The van der Waals surface area contributed by atoms with Gasteiger partial charge in [-0.05, 0) is 134 Å². The third-order valence-electron chi connectivity index (χ3n) is 11.8. The first-order chi connectivity index (χ1) is 27.3. The Morgan fingerprint density at radius 3 is 1.35 bits per heavy atom. The van der Waals surface area contributed by atoms with Gasteiger partial charge in [-0.2, -0.15) is 0 Å². The van der Waals surface area contributed by atoms with Gasteiger partial charge in [-0.15, -0.1) is 0 Å². The third kappa shape index (κ3) is 4.54. The predicted octanol–water partition coefficient (Wildman–Crippen LogP) is 15.5. The van der Waals surface area contributed by atoms with Crippen LogP contribution >= 0.6 is 0 Å². The molecule has 11 aromatic carbocycles. The monoisotopic (exact) mass is 696 g/mol. The molecular formula is C54H32O. The average Bonchev–Trinajstić information content (AvgIpc) is 3.60. The fourth-order valence-electron chi connectivity index (χ4n) is 9.30. The molecule has 0 N–H and O–H groups in total. The first-order valence-electron chi connectivity index (χ1n) is 19.0. The quantitative estimate of drug-likeness (QED) is 0.132. The zero-order chi connectivity index (χ0) is 36.0. The zero-order valence-electron chi connectivity index (χ0n) is 29.9. The Balaban J connectivity index is 1.13. The van der Waals surface area contributed by atoms with Crippen molar-refractivity contribution >= 4 is 86.6 Å². The van der Waals surface area contributed by atoms with Crippen LogP contribution in [0.25, 0.3) is 120 Å². The lowest BCUT2D eigenvalue weighted by Crippen LogP contribution is -1.92. The number of rotatable bonds is 3. The molecule has 1 heterocycles. The molecule has 12 rings (SSSR count). The van der Waals surface area contributed by atoms with Gasteiger partial charge in [0.15, 0.2) is 0 Å². The van der Waals surface area contributed by atoms with Crippen molar-refractivity contribution in [2.45, 2.75) is 0 Å². The Morgan fingerprint density at radius 2 is 0.673 bits per heavy atom. The molecule has 254 valence electrons. The summed E-state index contributed by atoms with van der Waals surface area (Å²) >= 11 is 0. The molecule has 0 radical (unpaired) electrons. The predicted molar refractivity (Wildman–Crippen MR) is 235 cm³/mol. The van der Waals surface area contributed by atoms with E-state index in [2.05, 4.69) is 194 Å². The van der Waals surface area contributed by atoms with Crippen LogP contribution in [0, 0.1) is 0 Å². The summed E-state index contributed by atoms with van der Waals surface area (Å²) in [5.74, 6) is 0. The number of hydrogen-bond donors (Lipinski definition) is 0. The van der Waals surface area contributed by atoms with Gasteiger partial charge in [0.2, 0.25) is 0 Å². The standard InChI is InChI=1S/C54H32O/c1-2-13-33(14-3-1)34-17-12-18-37(27-34)53-42-21-8-10-23-44(42)54(45-24-11-9-22-43(45)53)38-25-26-41-46(29-38)39-19-6-7-20-40(39)48-32-52-50(31-47(41)48)49-28-35-15-4-5-16-36(35)30-51(49)55-52/h1-32H. The van der Waals surface area contributed by atoms with E-state index in [4.69, 9.17) is 4.42 Å². The Kier molecular flexibility index (Phi) is 6.40. The summed E-state index contributed by atoms with van der Waals surface area (Å²) in [6.07, 6.45) is 0. The fourth-order valence-corrected chi connectivity index (χ4v) is 9.30. The third-order valence-corrected chi connectivity index (χ3v) is 11.8. The Bertz CT molecular complexity index is 3480. The molecule has 55 heavy (non-hydrogen) atoms. The van der Waals surface area contributed by atoms with Crippen molar-refractivity contribution in [3.63, 3.8) is 0 Å². The van der Waals surface area contributed by atoms with Gasteiger partial charge in [0.05, 0.1) is 0 Å². The zero-order valence-corrected chi connectivity index (χ0v) is 29.9. The molecule has 0 saturated heterocycles. The highest BCUT2D eigenvalue weighted by Crippen LogP contribution is 2.46. The van der Waals surface area contributed by atoms with Crippen LogP contribution in [0.5, 0.6) is 0 Å². The van der Waals surface area contributed by atoms with Crippen molar-refractivity contribution in [1.82, 2.24) is 0 Å². The summed E-state index contributed by atoms with van der Waals surface area (Å²) in [5.41, 5.74) is 9.27. The van der Waals surface area contributed by atoms with Crippen molar-refractivity contribution < 1.29 is 4.42 Å². The van der Waals surface area contributed by atoms with E-state index in [9.17, 15) is 0 Å². The maximum Gasteiger partial charge on any atom is 0.136 e. The SMILES string of the molecule is c1ccc(-c2cccc(-c3c4ccccc4c(-c4ccc5c(c4)c4ccccc4c4cc6oc7cc8ccccc8cc7c6cc54)c4ccccc34)c2)cc1. The normalized spacial score (nSPS) is 12.0. The second-order valence-electron chi connectivity index (χ2n) is 14.8. The van der Waals surface area contributed by atoms with Gasteiger partial charge in [0.25, 0.3) is 0 Å². The van der Waals surface area contributed by atoms with E-state index in [-0.39, 0.29) is 0 Å². The van der Waals surface area contributed by atoms with Crippen LogP contribution in [-0.4, -0.2) is 0 Å². The molecule has 0 bridgehead atoms. The van der Waals surface area contributed by atoms with E-state index in [1.165, 1.54) is 98.0 Å². The van der Waals surface area contributed by atoms with Gasteiger partial charge in [0, 0.05) is 10.8 Å². The minimum atomic E-state index is 0.922. The van der Waals surface area contributed by atoms with E-state index in [0.29, 0.717) is 0 Å². The van der Waals surface area contributed by atoms with Crippen LogP contribution in [0.3, 0.4) is 0 Å². The van der Waals surface area contributed by atoms with Crippen molar-refractivity contribution in [1.29, 1.82) is 0 Å². The summed E-state index contributed by atoms with van der Waals surface area (Å²) in [7, 11) is 0. The summed E-state index contributed by atoms with van der Waals surface area (Å²) in [6.45, 7) is 0. The lowest BCUT2D eigenvalue weighted by molar-refractivity contribution is 0.670. The molecule has 0 aliphatic rings. The fraction of sp³-hybridized carbons (Fsp3) is 0. The highest BCUT2D eigenvalue weighted by molar-refractivity contribution is 6.30. The molecular weight excluding hydrogens is 665 g/mol. The van der Waals surface area contributed by atoms with Crippen LogP contribution in [0.1, 0.15) is 0 Å². The maximum atomic E-state index is 6.56. The molecule has 0 aliphatic heterocycles. The molecule has 1 heteroatoms. The highest BCUT2D eigenvalue weighted by atomic mass is 16.3. The van der Waals surface area contributed by atoms with Crippen LogP contribution in [0.4, 0.5) is 0 Å². The first kappa shape index (κ1) is 30.3. The lowest BCUT2D eigenvalue weighted by atomic mass is 9.84. The summed E-state index contributed by atoms with van der Waals surface area (Å²) in [6, 6.07) is 71.2. The molecule has 1 nitrogen and oxygen atoms in total. The minimum absolute atomic E-state index is 0.922. The average molecular weight is 697 g/mol. The first-order valence-corrected chi connectivity index (χ1v) is 19.0. The Labute approximate surface area is 317 Å². The molecule has 0 unspecified atom stereocenters. The van der Waals surface area contributed by atoms with E-state index in [1.54, 1.807) is 0 Å². The van der Waals surface area contributed by atoms with Gasteiger partial charge in [-0.3, -0.25) is 0 Å². The molecule has 0 saturated carbocycles. The van der Waals surface area contributed by atoms with E-state index >= 15 is 0 Å². The molecule has 0 spiro atoms. The number of furan rings is 1. The van der Waals surface area contributed by atoms with E-state index in [0.717, 1.165) is 21.9 Å². The van der Waals surface area contributed by atoms with Gasteiger partial charge in [0.1, 0.15) is 11.2 Å². The number of fused-ring (bicyclic) bond motifs is 12. The second-order valence-corrected chi connectivity index (χ2v) is 14.8. The molecule has 0 amide bonds. The molecule has 1 aromatic heterocycles. The molecule has 0 atom stereocenters. The molecule has 0 aliphatic carbocycles. The molecule has 12 aromatic rings. The maximum absolute atomic E-state index is 6.56. The smallest absolute Gasteiger partial charge is 0.136 e. The van der Waals surface area contributed by atoms with Crippen molar-refractivity contribution in [3.8, 4) is 33.4 Å². The molecule has 0 fully saturated rings. The topological polar surface area (TPSA) is 13.1 Å². The highest BCUT2D eigenvalue weighted by Gasteiger charge is 2.19. The van der Waals surface area contributed by atoms with Gasteiger partial charge in [-0.1, -0.05) is 158 Å². The largest absolute Gasteiger partial charge is 0.456 e. The summed E-state index contributed by atoms with van der Waals surface area (Å²) in [4.78, 5) is 0. The van der Waals surface area contributed by atoms with Crippen molar-refractivity contribution in [3.05, 3.63) is 194 Å². The van der Waals surface area contributed by atoms with Gasteiger partial charge >= 0.3 is 0 Å². The Morgan fingerprint density at radius 1 is 0.218 bits per heavy atom. The minimum Gasteiger partial charge on any atom is -0.456 e. The number of benzene rings is 11. The van der Waals surface area contributed by atoms with Gasteiger partial charge in [-0.25, -0.2) is 0 Å². The van der Waals surface area contributed by atoms with E-state index < -0.39 is 0 Å². The number of hydrogen-bond acceptors (Lipinski definition) is 1. The summed E-state index contributed by atoms with van der Waals surface area (Å²) in [5, 5.41) is 17.2. The van der Waals surface area contributed by atoms with Crippen LogP contribution in [0.2, 0.25) is 0 Å². The summed E-state index contributed by atoms with van der Waals surface area (Å²) < 4.78 is 6.56. The van der Waals surface area contributed by atoms with Crippen LogP contribution < -0.4 is 0 Å².